The van der Waals surface area contributed by atoms with Crippen molar-refractivity contribution in [2.75, 3.05) is 0 Å². The van der Waals surface area contributed by atoms with Crippen LogP contribution in [0.3, 0.4) is 0 Å². The maximum absolute atomic E-state index is 13.4. The summed E-state index contributed by atoms with van der Waals surface area (Å²) in [6, 6.07) is 5.90. The SMILES string of the molecule is Cc1ccc(CNC2CC3CCC2O3)cc1F. The summed E-state index contributed by atoms with van der Waals surface area (Å²) in [5.74, 6) is -0.117. The van der Waals surface area contributed by atoms with Crippen LogP contribution in [-0.4, -0.2) is 18.2 Å². The number of rotatable bonds is 3. The molecule has 2 nitrogen and oxygen atoms in total. The van der Waals surface area contributed by atoms with Crippen molar-refractivity contribution in [1.29, 1.82) is 0 Å². The molecule has 2 fully saturated rings. The Bertz CT molecular complexity index is 421. The molecule has 2 bridgehead atoms. The Morgan fingerprint density at radius 1 is 1.41 bits per heavy atom. The summed E-state index contributed by atoms with van der Waals surface area (Å²) in [4.78, 5) is 0. The molecule has 3 heteroatoms. The molecule has 0 radical (unpaired) electrons. The van der Waals surface area contributed by atoms with E-state index in [0.29, 0.717) is 23.8 Å². The molecule has 2 aliphatic heterocycles. The fourth-order valence-corrected chi connectivity index (χ4v) is 2.85. The first kappa shape index (κ1) is 11.2. The van der Waals surface area contributed by atoms with E-state index in [-0.39, 0.29) is 5.82 Å². The first-order valence-electron chi connectivity index (χ1n) is 6.36. The minimum atomic E-state index is -0.117. The fraction of sp³-hybridized carbons (Fsp3) is 0.571. The lowest BCUT2D eigenvalue weighted by Gasteiger charge is -2.20. The quantitative estimate of drug-likeness (QED) is 0.869. The first-order valence-corrected chi connectivity index (χ1v) is 6.36. The van der Waals surface area contributed by atoms with Crippen molar-refractivity contribution in [3.05, 3.63) is 35.1 Å². The van der Waals surface area contributed by atoms with E-state index in [1.54, 1.807) is 13.0 Å². The van der Waals surface area contributed by atoms with Crippen LogP contribution >= 0.6 is 0 Å². The zero-order valence-electron chi connectivity index (χ0n) is 10.1. The van der Waals surface area contributed by atoms with E-state index in [1.807, 2.05) is 12.1 Å². The van der Waals surface area contributed by atoms with Crippen LogP contribution in [0.5, 0.6) is 0 Å². The summed E-state index contributed by atoms with van der Waals surface area (Å²) in [5, 5.41) is 3.48. The van der Waals surface area contributed by atoms with Crippen molar-refractivity contribution in [2.24, 2.45) is 0 Å². The molecule has 0 amide bonds. The molecule has 92 valence electrons. The van der Waals surface area contributed by atoms with Crippen molar-refractivity contribution in [3.8, 4) is 0 Å². The third kappa shape index (κ3) is 2.22. The van der Waals surface area contributed by atoms with E-state index < -0.39 is 0 Å². The van der Waals surface area contributed by atoms with Crippen LogP contribution in [0.25, 0.3) is 0 Å². The standard InChI is InChI=1S/C14H18FNO/c1-9-2-3-10(6-12(9)15)8-16-13-7-11-4-5-14(13)17-11/h2-3,6,11,13-14,16H,4-5,7-8H2,1H3. The van der Waals surface area contributed by atoms with Gasteiger partial charge in [0, 0.05) is 12.6 Å². The van der Waals surface area contributed by atoms with E-state index >= 15 is 0 Å². The molecule has 3 unspecified atom stereocenters. The molecule has 3 atom stereocenters. The van der Waals surface area contributed by atoms with Crippen LogP contribution in [0.1, 0.15) is 30.4 Å². The van der Waals surface area contributed by atoms with E-state index in [0.717, 1.165) is 18.5 Å². The molecular formula is C14H18FNO. The number of nitrogens with one attached hydrogen (secondary N) is 1. The van der Waals surface area contributed by atoms with Gasteiger partial charge in [-0.15, -0.1) is 0 Å². The third-order valence-electron chi connectivity index (χ3n) is 3.91. The monoisotopic (exact) mass is 235 g/mol. The Balaban J connectivity index is 1.59. The average molecular weight is 235 g/mol. The van der Waals surface area contributed by atoms with E-state index in [1.165, 1.54) is 12.8 Å². The van der Waals surface area contributed by atoms with Gasteiger partial charge in [0.05, 0.1) is 12.2 Å². The molecule has 1 aromatic rings. The summed E-state index contributed by atoms with van der Waals surface area (Å²) in [6.45, 7) is 2.52. The highest BCUT2D eigenvalue weighted by molar-refractivity contribution is 5.23. The second-order valence-electron chi connectivity index (χ2n) is 5.18. The molecule has 0 spiro atoms. The maximum Gasteiger partial charge on any atom is 0.126 e. The van der Waals surface area contributed by atoms with Gasteiger partial charge in [-0.2, -0.15) is 0 Å². The third-order valence-corrected chi connectivity index (χ3v) is 3.91. The number of halogens is 1. The lowest BCUT2D eigenvalue weighted by molar-refractivity contribution is 0.0973. The Kier molecular flexibility index (Phi) is 2.89. The van der Waals surface area contributed by atoms with Crippen molar-refractivity contribution in [3.63, 3.8) is 0 Å². The minimum Gasteiger partial charge on any atom is -0.373 e. The Morgan fingerprint density at radius 3 is 2.94 bits per heavy atom. The molecule has 3 rings (SSSR count). The van der Waals surface area contributed by atoms with Gasteiger partial charge in [0.15, 0.2) is 0 Å². The molecule has 0 saturated carbocycles. The summed E-state index contributed by atoms with van der Waals surface area (Å²) in [5.41, 5.74) is 1.72. The number of ether oxygens (including phenoxy) is 1. The topological polar surface area (TPSA) is 21.3 Å². The summed E-state index contributed by atoms with van der Waals surface area (Å²) in [7, 11) is 0. The summed E-state index contributed by atoms with van der Waals surface area (Å²) in [6.07, 6.45) is 4.34. The molecule has 0 aromatic heterocycles. The predicted molar refractivity (Wildman–Crippen MR) is 64.3 cm³/mol. The highest BCUT2D eigenvalue weighted by Crippen LogP contribution is 2.34. The van der Waals surface area contributed by atoms with Gasteiger partial charge in [-0.1, -0.05) is 12.1 Å². The molecule has 17 heavy (non-hydrogen) atoms. The second kappa shape index (κ2) is 4.39. The molecule has 1 N–H and O–H groups in total. The van der Waals surface area contributed by atoms with Gasteiger partial charge in [-0.3, -0.25) is 0 Å². The van der Waals surface area contributed by atoms with E-state index in [4.69, 9.17) is 4.74 Å². The Hall–Kier alpha value is -0.930. The van der Waals surface area contributed by atoms with Crippen molar-refractivity contribution < 1.29 is 9.13 Å². The van der Waals surface area contributed by atoms with E-state index in [2.05, 4.69) is 5.32 Å². The van der Waals surface area contributed by atoms with Crippen LogP contribution < -0.4 is 5.32 Å². The molecule has 2 heterocycles. The number of fused-ring (bicyclic) bond motifs is 2. The number of hydrogen-bond donors (Lipinski definition) is 1. The van der Waals surface area contributed by atoms with Gasteiger partial charge in [0.25, 0.3) is 0 Å². The number of benzene rings is 1. The van der Waals surface area contributed by atoms with E-state index in [9.17, 15) is 4.39 Å². The second-order valence-corrected chi connectivity index (χ2v) is 5.18. The molecule has 1 aromatic carbocycles. The highest BCUT2D eigenvalue weighted by atomic mass is 19.1. The smallest absolute Gasteiger partial charge is 0.126 e. The summed E-state index contributed by atoms with van der Waals surface area (Å²) >= 11 is 0. The van der Waals surface area contributed by atoms with Gasteiger partial charge >= 0.3 is 0 Å². The normalized spacial score (nSPS) is 31.1. The van der Waals surface area contributed by atoms with Crippen LogP contribution in [0.2, 0.25) is 0 Å². The molecule has 0 aliphatic carbocycles. The fourth-order valence-electron chi connectivity index (χ4n) is 2.85. The minimum absolute atomic E-state index is 0.117. The van der Waals surface area contributed by atoms with Crippen LogP contribution in [0.4, 0.5) is 4.39 Å². The van der Waals surface area contributed by atoms with Crippen LogP contribution in [-0.2, 0) is 11.3 Å². The highest BCUT2D eigenvalue weighted by Gasteiger charge is 2.40. The van der Waals surface area contributed by atoms with Crippen LogP contribution in [0, 0.1) is 12.7 Å². The lowest BCUT2D eigenvalue weighted by atomic mass is 9.95. The van der Waals surface area contributed by atoms with Crippen molar-refractivity contribution in [2.45, 2.75) is 51.0 Å². The molecule has 2 aliphatic rings. The zero-order valence-corrected chi connectivity index (χ0v) is 10.1. The Morgan fingerprint density at radius 2 is 2.29 bits per heavy atom. The van der Waals surface area contributed by atoms with Gasteiger partial charge in [0.2, 0.25) is 0 Å². The van der Waals surface area contributed by atoms with Gasteiger partial charge in [-0.05, 0) is 43.4 Å². The predicted octanol–water partition coefficient (Wildman–Crippen LogP) is 2.54. The average Bonchev–Trinajstić information content (AvgIpc) is 2.92. The summed E-state index contributed by atoms with van der Waals surface area (Å²) < 4.78 is 19.2. The molecular weight excluding hydrogens is 217 g/mol. The maximum atomic E-state index is 13.4. The lowest BCUT2D eigenvalue weighted by Crippen LogP contribution is -2.36. The van der Waals surface area contributed by atoms with Crippen molar-refractivity contribution >= 4 is 0 Å². The molecule has 2 saturated heterocycles. The van der Waals surface area contributed by atoms with Gasteiger partial charge < -0.3 is 10.1 Å². The van der Waals surface area contributed by atoms with Crippen LogP contribution in [0.15, 0.2) is 18.2 Å². The van der Waals surface area contributed by atoms with Gasteiger partial charge in [-0.25, -0.2) is 4.39 Å². The zero-order chi connectivity index (χ0) is 11.8. The largest absolute Gasteiger partial charge is 0.373 e. The Labute approximate surface area is 101 Å². The van der Waals surface area contributed by atoms with Crippen molar-refractivity contribution in [1.82, 2.24) is 5.32 Å². The first-order chi connectivity index (χ1) is 8.22. The van der Waals surface area contributed by atoms with Gasteiger partial charge in [0.1, 0.15) is 5.82 Å². The number of hydrogen-bond acceptors (Lipinski definition) is 2. The number of aryl methyl sites for hydroxylation is 1.